The Morgan fingerprint density at radius 2 is 2.06 bits per heavy atom. The summed E-state index contributed by atoms with van der Waals surface area (Å²) in [6, 6.07) is 3.71. The lowest BCUT2D eigenvalue weighted by atomic mass is 10.1. The highest BCUT2D eigenvalue weighted by Gasteiger charge is 2.16. The summed E-state index contributed by atoms with van der Waals surface area (Å²) < 4.78 is 5.26. The van der Waals surface area contributed by atoms with E-state index in [4.69, 9.17) is 10.3 Å². The number of aromatic nitrogens is 3. The van der Waals surface area contributed by atoms with Gasteiger partial charge in [-0.2, -0.15) is 4.98 Å². The van der Waals surface area contributed by atoms with Crippen LogP contribution in [-0.2, 0) is 0 Å². The van der Waals surface area contributed by atoms with Gasteiger partial charge in [0.05, 0.1) is 17.3 Å². The first kappa shape index (κ1) is 12.7. The first-order valence-corrected chi connectivity index (χ1v) is 6.15. The molecule has 5 heteroatoms. The van der Waals surface area contributed by atoms with Crippen molar-refractivity contribution in [1.82, 2.24) is 15.1 Å². The van der Waals surface area contributed by atoms with Gasteiger partial charge in [-0.15, -0.1) is 0 Å². The molecule has 0 aliphatic heterocycles. The zero-order valence-corrected chi connectivity index (χ0v) is 11.0. The molecule has 0 bridgehead atoms. The molecule has 1 atom stereocenters. The Morgan fingerprint density at radius 3 is 2.72 bits per heavy atom. The largest absolute Gasteiger partial charge is 0.334 e. The van der Waals surface area contributed by atoms with Crippen molar-refractivity contribution >= 4 is 0 Å². The molecule has 2 aromatic heterocycles. The molecule has 96 valence electrons. The van der Waals surface area contributed by atoms with Gasteiger partial charge in [-0.3, -0.25) is 4.98 Å². The van der Waals surface area contributed by atoms with Gasteiger partial charge in [0.15, 0.2) is 5.82 Å². The van der Waals surface area contributed by atoms with Crippen molar-refractivity contribution in [3.05, 3.63) is 29.3 Å². The maximum Gasteiger partial charge on any atom is 0.259 e. The number of nitrogens with two attached hydrogens (primary N) is 1. The summed E-state index contributed by atoms with van der Waals surface area (Å²) in [6.07, 6.45) is 1.85. The van der Waals surface area contributed by atoms with Gasteiger partial charge in [-0.25, -0.2) is 0 Å². The SMILES string of the molecule is CCCC(N)c1noc(-c2ccc(C)nc2C)n1. The third-order valence-electron chi connectivity index (χ3n) is 2.83. The Kier molecular flexibility index (Phi) is 3.72. The monoisotopic (exact) mass is 246 g/mol. The first-order valence-electron chi connectivity index (χ1n) is 6.15. The van der Waals surface area contributed by atoms with Crippen molar-refractivity contribution in [1.29, 1.82) is 0 Å². The van der Waals surface area contributed by atoms with Crippen molar-refractivity contribution in [3.8, 4) is 11.5 Å². The second kappa shape index (κ2) is 5.27. The molecule has 0 saturated carbocycles. The molecule has 18 heavy (non-hydrogen) atoms. The van der Waals surface area contributed by atoms with Gasteiger partial charge in [-0.1, -0.05) is 18.5 Å². The van der Waals surface area contributed by atoms with Crippen LogP contribution >= 0.6 is 0 Å². The average Bonchev–Trinajstić information content (AvgIpc) is 2.78. The molecule has 0 radical (unpaired) electrons. The zero-order valence-electron chi connectivity index (χ0n) is 11.0. The van der Waals surface area contributed by atoms with Crippen molar-refractivity contribution in [2.45, 2.75) is 39.7 Å². The normalized spacial score (nSPS) is 12.7. The molecule has 1 unspecified atom stereocenters. The van der Waals surface area contributed by atoms with Crippen LogP contribution in [0.3, 0.4) is 0 Å². The summed E-state index contributed by atoms with van der Waals surface area (Å²) in [5.41, 5.74) is 8.68. The molecule has 0 spiro atoms. The minimum absolute atomic E-state index is 0.161. The van der Waals surface area contributed by atoms with Crippen LogP contribution in [0.2, 0.25) is 0 Å². The van der Waals surface area contributed by atoms with Crippen molar-refractivity contribution in [2.24, 2.45) is 5.73 Å². The Labute approximate surface area is 106 Å². The maximum absolute atomic E-state index is 5.96. The molecule has 0 aliphatic rings. The summed E-state index contributed by atoms with van der Waals surface area (Å²) in [6.45, 7) is 5.96. The highest BCUT2D eigenvalue weighted by Crippen LogP contribution is 2.22. The quantitative estimate of drug-likeness (QED) is 0.896. The molecule has 2 rings (SSSR count). The van der Waals surface area contributed by atoms with E-state index >= 15 is 0 Å². The van der Waals surface area contributed by atoms with E-state index in [0.717, 1.165) is 29.8 Å². The highest BCUT2D eigenvalue weighted by atomic mass is 16.5. The summed E-state index contributed by atoms with van der Waals surface area (Å²) in [7, 11) is 0. The minimum atomic E-state index is -0.161. The van der Waals surface area contributed by atoms with Crippen molar-refractivity contribution in [3.63, 3.8) is 0 Å². The van der Waals surface area contributed by atoms with Gasteiger partial charge in [0.25, 0.3) is 5.89 Å². The van der Waals surface area contributed by atoms with Crippen LogP contribution in [0.15, 0.2) is 16.7 Å². The minimum Gasteiger partial charge on any atom is -0.334 e. The van der Waals surface area contributed by atoms with Crippen LogP contribution in [0.5, 0.6) is 0 Å². The van der Waals surface area contributed by atoms with Crippen molar-refractivity contribution < 1.29 is 4.52 Å². The van der Waals surface area contributed by atoms with Gasteiger partial charge >= 0.3 is 0 Å². The van der Waals surface area contributed by atoms with Crippen LogP contribution < -0.4 is 5.73 Å². The first-order chi connectivity index (χ1) is 8.61. The van der Waals surface area contributed by atoms with E-state index in [2.05, 4.69) is 22.0 Å². The van der Waals surface area contributed by atoms with E-state index in [1.54, 1.807) is 0 Å². The van der Waals surface area contributed by atoms with E-state index in [1.165, 1.54) is 0 Å². The van der Waals surface area contributed by atoms with E-state index < -0.39 is 0 Å². The lowest BCUT2D eigenvalue weighted by molar-refractivity contribution is 0.413. The molecule has 2 aromatic rings. The van der Waals surface area contributed by atoms with Gasteiger partial charge in [0.1, 0.15) is 0 Å². The van der Waals surface area contributed by atoms with E-state index in [0.29, 0.717) is 11.7 Å². The van der Waals surface area contributed by atoms with Crippen LogP contribution in [0.25, 0.3) is 11.5 Å². The molecule has 5 nitrogen and oxygen atoms in total. The average molecular weight is 246 g/mol. The number of hydrogen-bond donors (Lipinski definition) is 1. The topological polar surface area (TPSA) is 77.8 Å². The molecule has 0 fully saturated rings. The number of rotatable bonds is 4. The van der Waals surface area contributed by atoms with E-state index in [1.807, 2.05) is 26.0 Å². The molecule has 0 aromatic carbocycles. The lowest BCUT2D eigenvalue weighted by Gasteiger charge is -2.03. The molecule has 2 heterocycles. The Morgan fingerprint density at radius 1 is 1.28 bits per heavy atom. The summed E-state index contributed by atoms with van der Waals surface area (Å²) in [5, 5.41) is 3.94. The Hall–Kier alpha value is -1.75. The highest BCUT2D eigenvalue weighted by molar-refractivity contribution is 5.55. The van der Waals surface area contributed by atoms with E-state index in [9.17, 15) is 0 Å². The van der Waals surface area contributed by atoms with Gasteiger partial charge in [-0.05, 0) is 32.4 Å². The summed E-state index contributed by atoms with van der Waals surface area (Å²) >= 11 is 0. The number of pyridine rings is 1. The molecule has 0 saturated heterocycles. The molecule has 2 N–H and O–H groups in total. The van der Waals surface area contributed by atoms with Crippen LogP contribution in [0, 0.1) is 13.8 Å². The second-order valence-corrected chi connectivity index (χ2v) is 4.44. The van der Waals surface area contributed by atoms with Crippen molar-refractivity contribution in [2.75, 3.05) is 0 Å². The maximum atomic E-state index is 5.96. The molecular weight excluding hydrogens is 228 g/mol. The molecular formula is C13H18N4O. The summed E-state index contributed by atoms with van der Waals surface area (Å²) in [4.78, 5) is 8.73. The number of nitrogens with zero attached hydrogens (tertiary/aromatic N) is 3. The van der Waals surface area contributed by atoms with Gasteiger partial charge in [0.2, 0.25) is 0 Å². The fourth-order valence-corrected chi connectivity index (χ4v) is 1.85. The second-order valence-electron chi connectivity index (χ2n) is 4.44. The predicted molar refractivity (Wildman–Crippen MR) is 68.8 cm³/mol. The van der Waals surface area contributed by atoms with Gasteiger partial charge < -0.3 is 10.3 Å². The van der Waals surface area contributed by atoms with Crippen LogP contribution in [0.4, 0.5) is 0 Å². The van der Waals surface area contributed by atoms with Crippen LogP contribution in [0.1, 0.15) is 43.0 Å². The fraction of sp³-hybridized carbons (Fsp3) is 0.462. The number of hydrogen-bond acceptors (Lipinski definition) is 5. The van der Waals surface area contributed by atoms with Gasteiger partial charge in [0, 0.05) is 5.69 Å². The standard InChI is InChI=1S/C13H18N4O/c1-4-5-11(14)12-16-13(18-17-12)10-7-6-8(2)15-9(10)3/h6-7,11H,4-5,14H2,1-3H3. The zero-order chi connectivity index (χ0) is 13.1. The number of aryl methyl sites for hydroxylation is 2. The van der Waals surface area contributed by atoms with E-state index in [-0.39, 0.29) is 6.04 Å². The third kappa shape index (κ3) is 2.56. The fourth-order valence-electron chi connectivity index (χ4n) is 1.85. The Balaban J connectivity index is 2.29. The molecule has 0 aliphatic carbocycles. The van der Waals surface area contributed by atoms with Crippen LogP contribution in [-0.4, -0.2) is 15.1 Å². The Bertz CT molecular complexity index is 536. The third-order valence-corrected chi connectivity index (χ3v) is 2.83. The smallest absolute Gasteiger partial charge is 0.259 e. The predicted octanol–water partition coefficient (Wildman–Crippen LogP) is 2.55. The molecule has 0 amide bonds. The lowest BCUT2D eigenvalue weighted by Crippen LogP contribution is -2.11. The summed E-state index contributed by atoms with van der Waals surface area (Å²) in [5.74, 6) is 1.05.